The van der Waals surface area contributed by atoms with Gasteiger partial charge in [-0.25, -0.2) is 18.4 Å². The second-order valence-corrected chi connectivity index (χ2v) is 5.53. The van der Waals surface area contributed by atoms with Gasteiger partial charge in [0.05, 0.1) is 11.3 Å². The minimum Gasteiger partial charge on any atom is -0.481 e. The highest BCUT2D eigenvalue weighted by Gasteiger charge is 2.11. The highest BCUT2D eigenvalue weighted by atomic mass is 32.2. The van der Waals surface area contributed by atoms with Crippen molar-refractivity contribution >= 4 is 33.6 Å². The zero-order valence-electron chi connectivity index (χ0n) is 10.7. The molecule has 0 bridgehead atoms. The largest absolute Gasteiger partial charge is 0.481 e. The number of carbonyl (C=O) groups is 3. The summed E-state index contributed by atoms with van der Waals surface area (Å²) in [6.07, 6.45) is -0.713. The highest BCUT2D eigenvalue weighted by molar-refractivity contribution is 7.89. The Morgan fingerprint density at radius 3 is 2.14 bits per heavy atom. The summed E-state index contributed by atoms with van der Waals surface area (Å²) in [5.41, 5.74) is 0.242. The smallest absolute Gasteiger partial charge is 0.325 e. The number of hydrogen-bond acceptors (Lipinski definition) is 5. The van der Waals surface area contributed by atoms with Crippen molar-refractivity contribution in [2.45, 2.75) is 17.7 Å². The van der Waals surface area contributed by atoms with Gasteiger partial charge in [0.25, 0.3) is 0 Å². The highest BCUT2D eigenvalue weighted by Crippen LogP contribution is 2.12. The Balaban J connectivity index is 2.55. The van der Waals surface area contributed by atoms with Gasteiger partial charge >= 0.3 is 12.0 Å². The predicted molar refractivity (Wildman–Crippen MR) is 71.8 cm³/mol. The van der Waals surface area contributed by atoms with Crippen LogP contribution in [0.25, 0.3) is 0 Å². The summed E-state index contributed by atoms with van der Waals surface area (Å²) in [6, 6.07) is 4.12. The Kier molecular flexibility index (Phi) is 5.38. The zero-order valence-corrected chi connectivity index (χ0v) is 11.5. The third-order valence-electron chi connectivity index (χ3n) is 2.26. The quantitative estimate of drug-likeness (QED) is 0.592. The fourth-order valence-electron chi connectivity index (χ4n) is 1.30. The van der Waals surface area contributed by atoms with Gasteiger partial charge in [-0.3, -0.25) is 14.9 Å². The summed E-state index contributed by atoms with van der Waals surface area (Å²) in [5, 5.41) is 17.5. The minimum absolute atomic E-state index is 0.119. The molecule has 3 amide bonds. The number of amides is 3. The molecule has 1 rings (SSSR count). The third-order valence-corrected chi connectivity index (χ3v) is 3.19. The van der Waals surface area contributed by atoms with E-state index in [1.165, 1.54) is 24.3 Å². The van der Waals surface area contributed by atoms with Gasteiger partial charge in [0, 0.05) is 12.1 Å². The molecule has 0 aliphatic carbocycles. The fraction of sp³-hybridized carbons (Fsp3) is 0.182. The van der Waals surface area contributed by atoms with E-state index in [2.05, 4.69) is 5.32 Å². The van der Waals surface area contributed by atoms with Crippen LogP contribution in [0.1, 0.15) is 12.8 Å². The maximum atomic E-state index is 11.4. The minimum atomic E-state index is -3.82. The van der Waals surface area contributed by atoms with Gasteiger partial charge in [-0.2, -0.15) is 0 Å². The first-order valence-electron chi connectivity index (χ1n) is 5.64. The van der Waals surface area contributed by atoms with Crippen molar-refractivity contribution in [3.8, 4) is 0 Å². The van der Waals surface area contributed by atoms with Crippen LogP contribution in [0.2, 0.25) is 0 Å². The Bertz CT molecular complexity index is 653. The molecular weight excluding hydrogens is 302 g/mol. The van der Waals surface area contributed by atoms with E-state index in [1.807, 2.05) is 5.32 Å². The van der Waals surface area contributed by atoms with Gasteiger partial charge in [0.1, 0.15) is 0 Å². The normalized spacial score (nSPS) is 10.7. The van der Waals surface area contributed by atoms with E-state index in [9.17, 15) is 22.8 Å². The lowest BCUT2D eigenvalue weighted by atomic mass is 10.3. The van der Waals surface area contributed by atoms with Crippen molar-refractivity contribution in [1.29, 1.82) is 0 Å². The van der Waals surface area contributed by atoms with E-state index < -0.39 is 27.9 Å². The van der Waals surface area contributed by atoms with Gasteiger partial charge in [-0.15, -0.1) is 0 Å². The molecule has 10 heteroatoms. The number of hydrogen-bond donors (Lipinski definition) is 4. The zero-order chi connectivity index (χ0) is 16.0. The number of carboxylic acid groups (broad SMARTS) is 1. The number of nitrogens with one attached hydrogen (secondary N) is 2. The number of urea groups is 1. The lowest BCUT2D eigenvalue weighted by molar-refractivity contribution is -0.138. The summed E-state index contributed by atoms with van der Waals surface area (Å²) in [7, 11) is -3.82. The first-order chi connectivity index (χ1) is 9.68. The number of imide groups is 1. The van der Waals surface area contributed by atoms with Crippen LogP contribution >= 0.6 is 0 Å². The molecule has 5 N–H and O–H groups in total. The van der Waals surface area contributed by atoms with Crippen LogP contribution in [0, 0.1) is 0 Å². The van der Waals surface area contributed by atoms with E-state index in [-0.39, 0.29) is 23.4 Å². The van der Waals surface area contributed by atoms with Crippen molar-refractivity contribution in [1.82, 2.24) is 5.32 Å². The van der Waals surface area contributed by atoms with Crippen molar-refractivity contribution in [2.24, 2.45) is 5.14 Å². The van der Waals surface area contributed by atoms with Crippen molar-refractivity contribution in [2.75, 3.05) is 5.32 Å². The molecule has 0 fully saturated rings. The Morgan fingerprint density at radius 2 is 1.67 bits per heavy atom. The summed E-state index contributed by atoms with van der Waals surface area (Å²) in [4.78, 5) is 32.8. The van der Waals surface area contributed by atoms with E-state index in [1.54, 1.807) is 0 Å². The molecule has 1 aromatic rings. The molecule has 0 aromatic heterocycles. The average Bonchev–Trinajstić information content (AvgIpc) is 2.35. The number of anilines is 1. The van der Waals surface area contributed by atoms with Crippen LogP contribution in [-0.4, -0.2) is 31.4 Å². The molecular formula is C11H13N3O6S. The molecule has 0 heterocycles. The second kappa shape index (κ2) is 6.81. The Morgan fingerprint density at radius 1 is 1.10 bits per heavy atom. The van der Waals surface area contributed by atoms with Crippen LogP contribution in [0.3, 0.4) is 0 Å². The molecule has 9 nitrogen and oxygen atoms in total. The number of benzene rings is 1. The van der Waals surface area contributed by atoms with E-state index in [0.717, 1.165) is 0 Å². The van der Waals surface area contributed by atoms with E-state index in [4.69, 9.17) is 10.2 Å². The van der Waals surface area contributed by atoms with Crippen LogP contribution in [0.4, 0.5) is 10.5 Å². The van der Waals surface area contributed by atoms with Gasteiger partial charge in [-0.05, 0) is 24.3 Å². The lowest BCUT2D eigenvalue weighted by Crippen LogP contribution is -2.34. The Labute approximate surface area is 120 Å². The van der Waals surface area contributed by atoms with E-state index >= 15 is 0 Å². The van der Waals surface area contributed by atoms with E-state index in [0.29, 0.717) is 0 Å². The van der Waals surface area contributed by atoms with Crippen LogP contribution in [0.15, 0.2) is 29.2 Å². The third kappa shape index (κ3) is 6.01. The van der Waals surface area contributed by atoms with Crippen molar-refractivity contribution in [3.63, 3.8) is 0 Å². The number of sulfonamides is 1. The number of nitrogens with two attached hydrogens (primary N) is 1. The number of carbonyl (C=O) groups excluding carboxylic acids is 2. The molecule has 0 aliphatic rings. The monoisotopic (exact) mass is 315 g/mol. The average molecular weight is 315 g/mol. The van der Waals surface area contributed by atoms with Crippen LogP contribution in [-0.2, 0) is 19.6 Å². The molecule has 0 unspecified atom stereocenters. The van der Waals surface area contributed by atoms with Gasteiger partial charge in [0.15, 0.2) is 0 Å². The van der Waals surface area contributed by atoms with Crippen LogP contribution in [0.5, 0.6) is 0 Å². The molecule has 0 aliphatic heterocycles. The predicted octanol–water partition coefficient (Wildman–Crippen LogP) is -0.153. The molecule has 0 atom stereocenters. The maximum absolute atomic E-state index is 11.4. The topological polar surface area (TPSA) is 156 Å². The van der Waals surface area contributed by atoms with Gasteiger partial charge in [0.2, 0.25) is 15.9 Å². The van der Waals surface area contributed by atoms with Gasteiger partial charge in [-0.1, -0.05) is 0 Å². The molecule has 1 aromatic carbocycles. The molecule has 0 saturated heterocycles. The maximum Gasteiger partial charge on any atom is 0.325 e. The number of rotatable bonds is 5. The second-order valence-electron chi connectivity index (χ2n) is 3.97. The first-order valence-corrected chi connectivity index (χ1v) is 7.18. The first kappa shape index (κ1) is 16.6. The van der Waals surface area contributed by atoms with Crippen molar-refractivity contribution in [3.05, 3.63) is 24.3 Å². The molecule has 0 saturated carbocycles. The summed E-state index contributed by atoms with van der Waals surface area (Å²) >= 11 is 0. The SMILES string of the molecule is NS(=O)(=O)c1ccc(NC(=O)NC(=O)CCC(=O)O)cc1. The number of primary sulfonamides is 1. The molecule has 0 radical (unpaired) electrons. The van der Waals surface area contributed by atoms with Gasteiger partial charge < -0.3 is 10.4 Å². The molecule has 0 spiro atoms. The fourth-order valence-corrected chi connectivity index (χ4v) is 1.82. The lowest BCUT2D eigenvalue weighted by Gasteiger charge is -2.06. The molecule has 114 valence electrons. The molecule has 21 heavy (non-hydrogen) atoms. The number of carboxylic acids is 1. The van der Waals surface area contributed by atoms with Crippen molar-refractivity contribution < 1.29 is 27.9 Å². The summed E-state index contributed by atoms with van der Waals surface area (Å²) in [6.45, 7) is 0. The summed E-state index contributed by atoms with van der Waals surface area (Å²) in [5.74, 6) is -1.89. The Hall–Kier alpha value is -2.46. The van der Waals surface area contributed by atoms with Crippen LogP contribution < -0.4 is 15.8 Å². The standard InChI is InChI=1S/C11H13N3O6S/c12-21(19,20)8-3-1-7(2-4-8)13-11(18)14-9(15)5-6-10(16)17/h1-4H,5-6H2,(H,16,17)(H2,12,19,20)(H2,13,14,15,18). The number of aliphatic carboxylic acids is 1. The summed E-state index contributed by atoms with van der Waals surface area (Å²) < 4.78 is 22.0.